The number of nitrogens with two attached hydrogens (primary N) is 1. The fraction of sp³-hybridized carbons (Fsp3) is 0.533. The monoisotopic (exact) mass is 293 g/mol. The second kappa shape index (κ2) is 7.06. The Morgan fingerprint density at radius 2 is 1.76 bits per heavy atom. The summed E-state index contributed by atoms with van der Waals surface area (Å²) in [4.78, 5) is 24.9. The number of nitro benzene ring substituents is 1. The van der Waals surface area contributed by atoms with Crippen molar-refractivity contribution in [2.24, 2.45) is 11.8 Å². The van der Waals surface area contributed by atoms with Crippen molar-refractivity contribution in [3.8, 4) is 0 Å². The van der Waals surface area contributed by atoms with Crippen molar-refractivity contribution in [2.75, 3.05) is 18.8 Å². The summed E-state index contributed by atoms with van der Waals surface area (Å²) in [6, 6.07) is 4.10. The van der Waals surface area contributed by atoms with Crippen LogP contribution in [0, 0.1) is 22.0 Å². The fourth-order valence-electron chi connectivity index (χ4n) is 2.18. The van der Waals surface area contributed by atoms with Crippen LogP contribution in [-0.2, 0) is 0 Å². The van der Waals surface area contributed by atoms with Gasteiger partial charge in [0.05, 0.1) is 4.92 Å². The van der Waals surface area contributed by atoms with E-state index in [0.29, 0.717) is 18.8 Å². The van der Waals surface area contributed by atoms with Gasteiger partial charge < -0.3 is 10.6 Å². The lowest BCUT2D eigenvalue weighted by atomic mass is 10.1. The highest BCUT2D eigenvalue weighted by molar-refractivity contribution is 5.99. The number of carbonyl (C=O) groups is 1. The van der Waals surface area contributed by atoms with E-state index in [1.54, 1.807) is 4.90 Å². The van der Waals surface area contributed by atoms with E-state index >= 15 is 0 Å². The van der Waals surface area contributed by atoms with E-state index in [1.165, 1.54) is 18.2 Å². The van der Waals surface area contributed by atoms with Crippen molar-refractivity contribution in [3.05, 3.63) is 33.9 Å². The highest BCUT2D eigenvalue weighted by Crippen LogP contribution is 2.23. The van der Waals surface area contributed by atoms with Crippen molar-refractivity contribution in [1.29, 1.82) is 0 Å². The van der Waals surface area contributed by atoms with Gasteiger partial charge in [0.25, 0.3) is 11.6 Å². The first-order valence-electron chi connectivity index (χ1n) is 7.05. The quantitative estimate of drug-likeness (QED) is 0.496. The predicted octanol–water partition coefficient (Wildman–Crippen LogP) is 2.93. The zero-order chi connectivity index (χ0) is 16.2. The molecule has 0 aliphatic rings. The number of carbonyl (C=O) groups excluding carboxylic acids is 1. The van der Waals surface area contributed by atoms with Crippen LogP contribution in [0.2, 0.25) is 0 Å². The summed E-state index contributed by atoms with van der Waals surface area (Å²) in [6.45, 7) is 9.15. The Balaban J connectivity index is 3.18. The molecule has 2 N–H and O–H groups in total. The molecule has 0 spiro atoms. The van der Waals surface area contributed by atoms with E-state index in [2.05, 4.69) is 0 Å². The van der Waals surface area contributed by atoms with Gasteiger partial charge in [-0.15, -0.1) is 0 Å². The average molecular weight is 293 g/mol. The number of rotatable bonds is 6. The molecule has 0 radical (unpaired) electrons. The molecule has 21 heavy (non-hydrogen) atoms. The van der Waals surface area contributed by atoms with Crippen molar-refractivity contribution in [2.45, 2.75) is 27.7 Å². The minimum Gasteiger partial charge on any atom is -0.399 e. The maximum absolute atomic E-state index is 12.7. The van der Waals surface area contributed by atoms with Gasteiger partial charge in [0, 0.05) is 24.8 Å². The summed E-state index contributed by atoms with van der Waals surface area (Å²) >= 11 is 0. The van der Waals surface area contributed by atoms with E-state index in [1.807, 2.05) is 27.7 Å². The first-order chi connectivity index (χ1) is 9.72. The topological polar surface area (TPSA) is 89.5 Å². The van der Waals surface area contributed by atoms with Crippen LogP contribution >= 0.6 is 0 Å². The van der Waals surface area contributed by atoms with E-state index in [-0.39, 0.29) is 29.0 Å². The second-order valence-electron chi connectivity index (χ2n) is 6.03. The van der Waals surface area contributed by atoms with E-state index in [9.17, 15) is 14.9 Å². The Hall–Kier alpha value is -2.11. The Labute approximate surface area is 125 Å². The van der Waals surface area contributed by atoms with Gasteiger partial charge in [-0.1, -0.05) is 27.7 Å². The van der Waals surface area contributed by atoms with Gasteiger partial charge in [-0.2, -0.15) is 0 Å². The number of nitrogen functional groups attached to an aromatic ring is 1. The number of amides is 1. The molecule has 0 atom stereocenters. The van der Waals surface area contributed by atoms with Crippen LogP contribution in [0.5, 0.6) is 0 Å². The van der Waals surface area contributed by atoms with Crippen LogP contribution in [0.25, 0.3) is 0 Å². The van der Waals surface area contributed by atoms with Crippen LogP contribution in [0.1, 0.15) is 38.1 Å². The normalized spacial score (nSPS) is 11.0. The molecule has 0 aliphatic heterocycles. The molecule has 6 heteroatoms. The summed E-state index contributed by atoms with van der Waals surface area (Å²) < 4.78 is 0. The predicted molar refractivity (Wildman–Crippen MR) is 83.1 cm³/mol. The molecule has 1 aromatic carbocycles. The maximum Gasteiger partial charge on any atom is 0.282 e. The molecule has 0 bridgehead atoms. The second-order valence-corrected chi connectivity index (χ2v) is 6.03. The summed E-state index contributed by atoms with van der Waals surface area (Å²) in [7, 11) is 0. The van der Waals surface area contributed by atoms with Gasteiger partial charge in [-0.05, 0) is 24.0 Å². The largest absolute Gasteiger partial charge is 0.399 e. The number of nitrogens with zero attached hydrogens (tertiary/aromatic N) is 2. The Bertz CT molecular complexity index is 517. The summed E-state index contributed by atoms with van der Waals surface area (Å²) in [5.74, 6) is 0.233. The van der Waals surface area contributed by atoms with Crippen LogP contribution in [-0.4, -0.2) is 28.8 Å². The van der Waals surface area contributed by atoms with Crippen molar-refractivity contribution in [1.82, 2.24) is 4.90 Å². The molecule has 0 aromatic heterocycles. The van der Waals surface area contributed by atoms with E-state index < -0.39 is 4.92 Å². The maximum atomic E-state index is 12.7. The smallest absolute Gasteiger partial charge is 0.282 e. The van der Waals surface area contributed by atoms with Crippen molar-refractivity contribution in [3.63, 3.8) is 0 Å². The molecule has 0 heterocycles. The molecule has 0 unspecified atom stereocenters. The zero-order valence-corrected chi connectivity index (χ0v) is 13.0. The van der Waals surface area contributed by atoms with Crippen LogP contribution in [0.3, 0.4) is 0 Å². The molecule has 1 aromatic rings. The van der Waals surface area contributed by atoms with Crippen molar-refractivity contribution >= 4 is 17.3 Å². The van der Waals surface area contributed by atoms with Gasteiger partial charge in [0.2, 0.25) is 0 Å². The van der Waals surface area contributed by atoms with Crippen LogP contribution < -0.4 is 5.73 Å². The van der Waals surface area contributed by atoms with E-state index in [0.717, 1.165) is 0 Å². The van der Waals surface area contributed by atoms with Gasteiger partial charge in [-0.3, -0.25) is 14.9 Å². The first kappa shape index (κ1) is 16.9. The van der Waals surface area contributed by atoms with Crippen LogP contribution in [0.15, 0.2) is 18.2 Å². The summed E-state index contributed by atoms with van der Waals surface area (Å²) in [6.07, 6.45) is 0. The molecular weight excluding hydrogens is 270 g/mol. The third-order valence-electron chi connectivity index (χ3n) is 2.91. The molecule has 6 nitrogen and oxygen atoms in total. The lowest BCUT2D eigenvalue weighted by Gasteiger charge is -2.26. The SMILES string of the molecule is CC(C)CN(CC(C)C)C(=O)c1cc(N)ccc1[N+](=O)[O-]. The zero-order valence-electron chi connectivity index (χ0n) is 13.0. The average Bonchev–Trinajstić information content (AvgIpc) is 2.35. The molecule has 0 aliphatic carbocycles. The molecule has 1 rings (SSSR count). The van der Waals surface area contributed by atoms with Crippen molar-refractivity contribution < 1.29 is 9.72 Å². The number of hydrogen-bond acceptors (Lipinski definition) is 4. The third-order valence-corrected chi connectivity index (χ3v) is 2.91. The number of nitro groups is 1. The van der Waals surface area contributed by atoms with Gasteiger partial charge >= 0.3 is 0 Å². The van der Waals surface area contributed by atoms with Gasteiger partial charge in [-0.25, -0.2) is 0 Å². The summed E-state index contributed by atoms with van der Waals surface area (Å²) in [5, 5.41) is 11.1. The fourth-order valence-corrected chi connectivity index (χ4v) is 2.18. The standard InChI is InChI=1S/C15H23N3O3/c1-10(2)8-17(9-11(3)4)15(19)13-7-12(16)5-6-14(13)18(20)21/h5-7,10-11H,8-9,16H2,1-4H3. The summed E-state index contributed by atoms with van der Waals surface area (Å²) in [5.41, 5.74) is 5.87. The van der Waals surface area contributed by atoms with Gasteiger partial charge in [0.1, 0.15) is 5.56 Å². The lowest BCUT2D eigenvalue weighted by molar-refractivity contribution is -0.385. The van der Waals surface area contributed by atoms with Gasteiger partial charge in [0.15, 0.2) is 0 Å². The first-order valence-corrected chi connectivity index (χ1v) is 7.05. The molecular formula is C15H23N3O3. The molecule has 0 saturated carbocycles. The highest BCUT2D eigenvalue weighted by atomic mass is 16.6. The molecule has 0 fully saturated rings. The Morgan fingerprint density at radius 1 is 1.24 bits per heavy atom. The Kier molecular flexibility index (Phi) is 5.69. The van der Waals surface area contributed by atoms with E-state index in [4.69, 9.17) is 5.73 Å². The number of hydrogen-bond donors (Lipinski definition) is 1. The minimum absolute atomic E-state index is 0.0568. The van der Waals surface area contributed by atoms with Crippen LogP contribution in [0.4, 0.5) is 11.4 Å². The lowest BCUT2D eigenvalue weighted by Crippen LogP contribution is -2.37. The molecule has 0 saturated heterocycles. The third kappa shape index (κ3) is 4.73. The number of benzene rings is 1. The molecule has 1 amide bonds. The minimum atomic E-state index is -0.546. The molecule has 116 valence electrons. The highest BCUT2D eigenvalue weighted by Gasteiger charge is 2.25. The number of anilines is 1. The Morgan fingerprint density at radius 3 is 2.19 bits per heavy atom.